The summed E-state index contributed by atoms with van der Waals surface area (Å²) < 4.78 is 23.0. The number of fused-ring (bicyclic) bond motifs is 3. The molecule has 3 saturated heterocycles. The van der Waals surface area contributed by atoms with Gasteiger partial charge >= 0.3 is 6.01 Å². The van der Waals surface area contributed by atoms with Crippen molar-refractivity contribution in [2.75, 3.05) is 65.4 Å². The topological polar surface area (TPSA) is 95.0 Å². The highest BCUT2D eigenvalue weighted by Gasteiger charge is 2.45. The zero-order valence-electron chi connectivity index (χ0n) is 27.5. The van der Waals surface area contributed by atoms with Crippen LogP contribution in [0, 0.1) is 11.7 Å². The fraction of sp³-hybridized carbons (Fsp3) is 0.417. The number of carbonyl (C=O) groups is 2. The van der Waals surface area contributed by atoms with Gasteiger partial charge in [-0.05, 0) is 50.2 Å². The van der Waals surface area contributed by atoms with Gasteiger partial charge in [-0.2, -0.15) is 9.97 Å². The van der Waals surface area contributed by atoms with E-state index in [0.29, 0.717) is 48.0 Å². The number of carbonyl (C=O) groups excluding carboxylic acids is 2. The van der Waals surface area contributed by atoms with Crippen molar-refractivity contribution in [3.63, 3.8) is 0 Å². The second-order valence-corrected chi connectivity index (χ2v) is 13.8. The number of halogens is 2. The van der Waals surface area contributed by atoms with E-state index in [4.69, 9.17) is 21.3 Å². The minimum Gasteiger partial charge on any atom is -0.461 e. The molecule has 7 rings (SSSR count). The van der Waals surface area contributed by atoms with Gasteiger partial charge < -0.3 is 19.4 Å². The van der Waals surface area contributed by atoms with Gasteiger partial charge in [-0.3, -0.25) is 19.5 Å². The van der Waals surface area contributed by atoms with Gasteiger partial charge in [0.05, 0.1) is 10.9 Å². The van der Waals surface area contributed by atoms with Gasteiger partial charge in [-0.15, -0.1) is 0 Å². The summed E-state index contributed by atoms with van der Waals surface area (Å²) in [4.78, 5) is 46.1. The summed E-state index contributed by atoms with van der Waals surface area (Å²) in [5, 5.41) is 2.60. The van der Waals surface area contributed by atoms with Crippen LogP contribution in [0.25, 0.3) is 32.9 Å². The molecule has 2 amide bonds. The molecule has 12 heteroatoms. The molecule has 0 radical (unpaired) electrons. The number of likely N-dealkylation sites (N-methyl/N-ethyl adjacent to an activating group) is 1. The Hall–Kier alpha value is -4.35. The van der Waals surface area contributed by atoms with Gasteiger partial charge in [-0.25, -0.2) is 4.39 Å². The van der Waals surface area contributed by atoms with Crippen molar-refractivity contribution < 1.29 is 18.7 Å². The Morgan fingerprint density at radius 3 is 2.52 bits per heavy atom. The summed E-state index contributed by atoms with van der Waals surface area (Å²) in [5.74, 6) is -0.341. The van der Waals surface area contributed by atoms with E-state index in [9.17, 15) is 9.59 Å². The zero-order valence-corrected chi connectivity index (χ0v) is 28.2. The molecular weight excluding hydrogens is 633 g/mol. The van der Waals surface area contributed by atoms with E-state index in [0.717, 1.165) is 49.5 Å². The van der Waals surface area contributed by atoms with Crippen LogP contribution < -0.4 is 9.64 Å². The lowest BCUT2D eigenvalue weighted by atomic mass is 9.95. The molecule has 0 atom stereocenters. The molecular formula is C36H39ClFN7O3. The summed E-state index contributed by atoms with van der Waals surface area (Å²) in [6.07, 6.45) is 8.62. The highest BCUT2D eigenvalue weighted by Crippen LogP contribution is 2.40. The fourth-order valence-corrected chi connectivity index (χ4v) is 7.74. The predicted molar refractivity (Wildman–Crippen MR) is 185 cm³/mol. The van der Waals surface area contributed by atoms with Gasteiger partial charge in [0.1, 0.15) is 23.6 Å². The van der Waals surface area contributed by atoms with Crippen LogP contribution in [0.2, 0.25) is 5.02 Å². The van der Waals surface area contributed by atoms with Gasteiger partial charge in [0, 0.05) is 81.0 Å². The lowest BCUT2D eigenvalue weighted by Crippen LogP contribution is -2.53. The Bertz CT molecular complexity index is 1910. The van der Waals surface area contributed by atoms with Crippen molar-refractivity contribution in [3.8, 4) is 17.3 Å². The number of amides is 2. The standard InChI is InChI=1S/C36H39ClFN7O3/c1-42(2)28(46)12-13-29(47)44-20-23(21-44)19-43(3)34-26-18-39-32(25-10-4-8-24-9-5-11-27(37)30(24)25)31(38)33(26)40-35(41-34)48-22-36-14-6-16-45(36)17-7-15-36/h4-5,8-13,18,23H,6-7,14-17,19-22H2,1-3H3/b13-12+. The summed E-state index contributed by atoms with van der Waals surface area (Å²) in [6.45, 7) is 4.21. The second-order valence-electron chi connectivity index (χ2n) is 13.4. The molecule has 0 bridgehead atoms. The number of benzene rings is 2. The van der Waals surface area contributed by atoms with Crippen molar-refractivity contribution in [1.29, 1.82) is 0 Å². The number of aromatic nitrogens is 3. The fourth-order valence-electron chi connectivity index (χ4n) is 7.45. The summed E-state index contributed by atoms with van der Waals surface area (Å²) >= 11 is 6.61. The van der Waals surface area contributed by atoms with Crippen molar-refractivity contribution in [3.05, 3.63) is 65.6 Å². The van der Waals surface area contributed by atoms with E-state index in [1.54, 1.807) is 31.3 Å². The Morgan fingerprint density at radius 2 is 1.79 bits per heavy atom. The smallest absolute Gasteiger partial charge is 0.319 e. The molecule has 0 spiro atoms. The van der Waals surface area contributed by atoms with E-state index in [-0.39, 0.29) is 40.5 Å². The number of hydrogen-bond donors (Lipinski definition) is 0. The van der Waals surface area contributed by atoms with Crippen molar-refractivity contribution in [2.45, 2.75) is 31.2 Å². The number of nitrogens with zero attached hydrogens (tertiary/aromatic N) is 7. The van der Waals surface area contributed by atoms with Gasteiger partial charge in [0.15, 0.2) is 5.82 Å². The van der Waals surface area contributed by atoms with E-state index in [1.165, 1.54) is 17.1 Å². The molecule has 3 aliphatic heterocycles. The third-order valence-electron chi connectivity index (χ3n) is 10.0. The highest BCUT2D eigenvalue weighted by molar-refractivity contribution is 6.36. The SMILES string of the molecule is CN(C)C(=O)/C=C/C(=O)N1CC(CN(C)c2nc(OCC34CCCN3CCC4)nc3c(F)c(-c4cccc5cccc(Cl)c45)ncc23)C1. The minimum atomic E-state index is -0.567. The van der Waals surface area contributed by atoms with Crippen molar-refractivity contribution >= 4 is 50.9 Å². The first-order valence-electron chi connectivity index (χ1n) is 16.4. The van der Waals surface area contributed by atoms with E-state index < -0.39 is 5.82 Å². The second kappa shape index (κ2) is 12.9. The highest BCUT2D eigenvalue weighted by atomic mass is 35.5. The average Bonchev–Trinajstić information content (AvgIpc) is 3.64. The quantitative estimate of drug-likeness (QED) is 0.225. The number of ether oxygens (including phenoxy) is 1. The minimum absolute atomic E-state index is 0.0282. The number of hydrogen-bond acceptors (Lipinski definition) is 8. The average molecular weight is 672 g/mol. The zero-order chi connectivity index (χ0) is 33.6. The maximum Gasteiger partial charge on any atom is 0.319 e. The van der Waals surface area contributed by atoms with Crippen LogP contribution in [0.4, 0.5) is 10.2 Å². The molecule has 3 fully saturated rings. The third kappa shape index (κ3) is 5.94. The molecule has 0 unspecified atom stereocenters. The van der Waals surface area contributed by atoms with Gasteiger partial charge in [0.25, 0.3) is 0 Å². The monoisotopic (exact) mass is 671 g/mol. The van der Waals surface area contributed by atoms with Crippen LogP contribution >= 0.6 is 11.6 Å². The van der Waals surface area contributed by atoms with Crippen LogP contribution in [0.3, 0.4) is 0 Å². The first-order valence-corrected chi connectivity index (χ1v) is 16.8. The van der Waals surface area contributed by atoms with Crippen LogP contribution in [0.5, 0.6) is 6.01 Å². The molecule has 0 saturated carbocycles. The van der Waals surface area contributed by atoms with Crippen molar-refractivity contribution in [2.24, 2.45) is 5.92 Å². The molecule has 4 aromatic rings. The first-order chi connectivity index (χ1) is 23.1. The van der Waals surface area contributed by atoms with Crippen LogP contribution in [0.1, 0.15) is 25.7 Å². The number of likely N-dealkylation sites (tertiary alicyclic amines) is 1. The summed E-state index contributed by atoms with van der Waals surface area (Å²) in [5.41, 5.74) is 0.842. The number of rotatable bonds is 9. The Labute approximate surface area is 284 Å². The maximum atomic E-state index is 16.7. The molecule has 0 aliphatic carbocycles. The van der Waals surface area contributed by atoms with E-state index >= 15 is 4.39 Å². The number of anilines is 1. The summed E-state index contributed by atoms with van der Waals surface area (Å²) in [7, 11) is 5.18. The van der Waals surface area contributed by atoms with Gasteiger partial charge in [0.2, 0.25) is 11.8 Å². The Morgan fingerprint density at radius 1 is 1.06 bits per heavy atom. The third-order valence-corrected chi connectivity index (χ3v) is 10.3. The number of pyridine rings is 1. The van der Waals surface area contributed by atoms with Crippen LogP contribution in [-0.2, 0) is 9.59 Å². The molecule has 48 heavy (non-hydrogen) atoms. The first kappa shape index (κ1) is 32.2. The Balaban J connectivity index is 1.19. The van der Waals surface area contributed by atoms with Crippen LogP contribution in [-0.4, -0.2) is 107 Å². The normalized spacial score (nSPS) is 17.6. The largest absolute Gasteiger partial charge is 0.461 e. The predicted octanol–water partition coefficient (Wildman–Crippen LogP) is 5.18. The summed E-state index contributed by atoms with van der Waals surface area (Å²) in [6, 6.07) is 11.3. The molecule has 3 aliphatic rings. The van der Waals surface area contributed by atoms with Crippen molar-refractivity contribution in [1.82, 2.24) is 29.7 Å². The molecule has 250 valence electrons. The maximum absolute atomic E-state index is 16.7. The van der Waals surface area contributed by atoms with Crippen LogP contribution in [0.15, 0.2) is 54.7 Å². The molecule has 5 heterocycles. The Kier molecular flexibility index (Phi) is 8.68. The van der Waals surface area contributed by atoms with E-state index in [1.807, 2.05) is 42.3 Å². The van der Waals surface area contributed by atoms with Gasteiger partial charge in [-0.1, -0.05) is 41.9 Å². The molecule has 10 nitrogen and oxygen atoms in total. The molecule has 2 aromatic carbocycles. The lowest BCUT2D eigenvalue weighted by molar-refractivity contribution is -0.132. The van der Waals surface area contributed by atoms with E-state index in [2.05, 4.69) is 14.9 Å². The molecule has 0 N–H and O–H groups in total. The molecule has 2 aromatic heterocycles. The lowest BCUT2D eigenvalue weighted by Gasteiger charge is -2.40.